The number of nitrogens with zero attached hydrogens (tertiary/aromatic N) is 1. The summed E-state index contributed by atoms with van der Waals surface area (Å²) >= 11 is 0. The van der Waals surface area contributed by atoms with E-state index in [-0.39, 0.29) is 11.4 Å². The number of carbonyl (C=O) groups excluding carboxylic acids is 1. The molecule has 1 aliphatic heterocycles. The largest absolute Gasteiger partial charge is 0.350 e. The van der Waals surface area contributed by atoms with Crippen LogP contribution in [0.25, 0.3) is 0 Å². The van der Waals surface area contributed by atoms with E-state index >= 15 is 0 Å². The predicted molar refractivity (Wildman–Crippen MR) is 80.2 cm³/mol. The molecule has 4 heteroatoms. The van der Waals surface area contributed by atoms with Gasteiger partial charge in [-0.1, -0.05) is 6.92 Å². The highest BCUT2D eigenvalue weighted by Crippen LogP contribution is 2.19. The van der Waals surface area contributed by atoms with Crippen LogP contribution in [0.2, 0.25) is 0 Å². The second-order valence-corrected chi connectivity index (χ2v) is 6.50. The summed E-state index contributed by atoms with van der Waals surface area (Å²) in [6, 6.07) is 0.526. The minimum atomic E-state index is -0.0927. The van der Waals surface area contributed by atoms with Crippen molar-refractivity contribution in [2.45, 2.75) is 58.5 Å². The fourth-order valence-corrected chi connectivity index (χ4v) is 2.59. The highest BCUT2D eigenvalue weighted by Gasteiger charge is 2.26. The maximum absolute atomic E-state index is 12.1. The van der Waals surface area contributed by atoms with Crippen molar-refractivity contribution in [1.82, 2.24) is 15.5 Å². The molecule has 0 aromatic heterocycles. The van der Waals surface area contributed by atoms with Crippen molar-refractivity contribution < 1.29 is 4.79 Å². The van der Waals surface area contributed by atoms with E-state index in [1.54, 1.807) is 0 Å². The van der Waals surface area contributed by atoms with Crippen LogP contribution in [0.1, 0.15) is 47.0 Å². The first-order valence-corrected chi connectivity index (χ1v) is 7.58. The van der Waals surface area contributed by atoms with Gasteiger partial charge in [0, 0.05) is 18.1 Å². The lowest BCUT2D eigenvalue weighted by Gasteiger charge is -2.36. The topological polar surface area (TPSA) is 44.4 Å². The third-order valence-electron chi connectivity index (χ3n) is 4.43. The van der Waals surface area contributed by atoms with Crippen LogP contribution in [0.4, 0.5) is 0 Å². The molecule has 0 spiro atoms. The van der Waals surface area contributed by atoms with E-state index in [1.165, 1.54) is 12.8 Å². The summed E-state index contributed by atoms with van der Waals surface area (Å²) < 4.78 is 0. The third-order valence-corrected chi connectivity index (χ3v) is 4.43. The number of hydrogen-bond donors (Lipinski definition) is 2. The van der Waals surface area contributed by atoms with Gasteiger partial charge < -0.3 is 10.6 Å². The molecule has 0 bridgehead atoms. The molecule has 1 saturated heterocycles. The minimum absolute atomic E-state index is 0.0927. The predicted octanol–water partition coefficient (Wildman–Crippen LogP) is 1.61. The lowest BCUT2D eigenvalue weighted by atomic mass is 9.91. The Hall–Kier alpha value is -0.610. The van der Waals surface area contributed by atoms with Crippen molar-refractivity contribution in [2.75, 3.05) is 26.7 Å². The van der Waals surface area contributed by atoms with Crippen LogP contribution in [0.3, 0.4) is 0 Å². The highest BCUT2D eigenvalue weighted by atomic mass is 16.2. The van der Waals surface area contributed by atoms with Crippen LogP contribution in [-0.4, -0.2) is 49.1 Å². The van der Waals surface area contributed by atoms with E-state index in [1.807, 2.05) is 7.05 Å². The molecule has 1 heterocycles. The molecule has 2 unspecified atom stereocenters. The number of amides is 1. The Morgan fingerprint density at radius 2 is 2.16 bits per heavy atom. The van der Waals surface area contributed by atoms with E-state index in [4.69, 9.17) is 0 Å². The van der Waals surface area contributed by atoms with Crippen molar-refractivity contribution >= 4 is 5.91 Å². The molecule has 0 aromatic carbocycles. The Labute approximate surface area is 118 Å². The number of carbonyl (C=O) groups is 1. The second-order valence-electron chi connectivity index (χ2n) is 6.50. The molecule has 0 saturated carbocycles. The molecule has 1 aliphatic rings. The van der Waals surface area contributed by atoms with E-state index in [9.17, 15) is 4.79 Å². The van der Waals surface area contributed by atoms with Gasteiger partial charge in [-0.15, -0.1) is 0 Å². The average Bonchev–Trinajstić information content (AvgIpc) is 2.37. The van der Waals surface area contributed by atoms with E-state index in [0.717, 1.165) is 19.5 Å². The summed E-state index contributed by atoms with van der Waals surface area (Å²) in [5.74, 6) is 0.815. The number of hydrogen-bond acceptors (Lipinski definition) is 3. The minimum Gasteiger partial charge on any atom is -0.350 e. The molecule has 1 rings (SSSR count). The molecule has 1 fully saturated rings. The Bertz CT molecular complexity index is 291. The van der Waals surface area contributed by atoms with Gasteiger partial charge in [0.25, 0.3) is 0 Å². The van der Waals surface area contributed by atoms with Gasteiger partial charge in [0.05, 0.1) is 6.54 Å². The summed E-state index contributed by atoms with van der Waals surface area (Å²) in [6.45, 7) is 11.1. The monoisotopic (exact) mass is 269 g/mol. The fraction of sp³-hybridized carbons (Fsp3) is 0.933. The van der Waals surface area contributed by atoms with Crippen LogP contribution >= 0.6 is 0 Å². The van der Waals surface area contributed by atoms with Gasteiger partial charge in [-0.05, 0) is 59.5 Å². The maximum atomic E-state index is 12.1. The first-order valence-electron chi connectivity index (χ1n) is 7.58. The van der Waals surface area contributed by atoms with Gasteiger partial charge in [0.15, 0.2) is 0 Å². The molecule has 0 radical (unpaired) electrons. The first-order chi connectivity index (χ1) is 8.88. The lowest BCUT2D eigenvalue weighted by molar-refractivity contribution is -0.124. The molecule has 1 amide bonds. The fourth-order valence-electron chi connectivity index (χ4n) is 2.59. The second kappa shape index (κ2) is 7.25. The zero-order chi connectivity index (χ0) is 14.5. The van der Waals surface area contributed by atoms with Crippen molar-refractivity contribution in [3.8, 4) is 0 Å². The number of rotatable bonds is 6. The number of nitrogens with one attached hydrogen (secondary N) is 2. The van der Waals surface area contributed by atoms with Crippen molar-refractivity contribution in [3.05, 3.63) is 0 Å². The smallest absolute Gasteiger partial charge is 0.234 e. The van der Waals surface area contributed by atoms with E-state index in [0.29, 0.717) is 18.5 Å². The summed E-state index contributed by atoms with van der Waals surface area (Å²) in [5, 5.41) is 6.44. The van der Waals surface area contributed by atoms with Crippen LogP contribution in [0, 0.1) is 5.92 Å². The molecule has 19 heavy (non-hydrogen) atoms. The number of likely N-dealkylation sites (tertiary alicyclic amines) is 1. The van der Waals surface area contributed by atoms with Crippen LogP contribution in [-0.2, 0) is 4.79 Å². The van der Waals surface area contributed by atoms with E-state index < -0.39 is 0 Å². The van der Waals surface area contributed by atoms with Gasteiger partial charge in [-0.3, -0.25) is 9.69 Å². The molecular formula is C15H31N3O. The van der Waals surface area contributed by atoms with Crippen molar-refractivity contribution in [1.29, 1.82) is 0 Å². The van der Waals surface area contributed by atoms with Gasteiger partial charge in [-0.25, -0.2) is 0 Å². The highest BCUT2D eigenvalue weighted by molar-refractivity contribution is 5.78. The van der Waals surface area contributed by atoms with Crippen molar-refractivity contribution in [2.24, 2.45) is 5.92 Å². The zero-order valence-electron chi connectivity index (χ0n) is 13.3. The average molecular weight is 269 g/mol. The molecular weight excluding hydrogens is 238 g/mol. The van der Waals surface area contributed by atoms with Crippen LogP contribution in [0.15, 0.2) is 0 Å². The summed E-state index contributed by atoms with van der Waals surface area (Å²) in [6.07, 6.45) is 3.42. The van der Waals surface area contributed by atoms with Gasteiger partial charge in [-0.2, -0.15) is 0 Å². The van der Waals surface area contributed by atoms with Gasteiger partial charge in [0.2, 0.25) is 5.91 Å². The van der Waals surface area contributed by atoms with Crippen LogP contribution in [0.5, 0.6) is 0 Å². The molecule has 2 N–H and O–H groups in total. The number of piperidine rings is 1. The standard InChI is InChI=1S/C15H31N3O/c1-6-15(3,4)17-14(19)11-18-9-7-8-13(10-18)12(2)16-5/h12-13,16H,6-11H2,1-5H3,(H,17,19). The van der Waals surface area contributed by atoms with E-state index in [2.05, 4.69) is 43.2 Å². The first kappa shape index (κ1) is 16.4. The Balaban J connectivity index is 2.42. The maximum Gasteiger partial charge on any atom is 0.234 e. The SMILES string of the molecule is CCC(C)(C)NC(=O)CN1CCCC(C(C)NC)C1. The molecule has 112 valence electrons. The molecule has 0 aliphatic carbocycles. The van der Waals surface area contributed by atoms with Crippen LogP contribution < -0.4 is 10.6 Å². The Kier molecular flexibility index (Phi) is 6.27. The quantitative estimate of drug-likeness (QED) is 0.770. The summed E-state index contributed by atoms with van der Waals surface area (Å²) in [7, 11) is 2.01. The Morgan fingerprint density at radius 3 is 2.74 bits per heavy atom. The normalized spacial score (nSPS) is 23.1. The lowest BCUT2D eigenvalue weighted by Crippen LogP contribution is -2.50. The summed E-state index contributed by atoms with van der Waals surface area (Å²) in [4.78, 5) is 14.4. The van der Waals surface area contributed by atoms with Gasteiger partial charge >= 0.3 is 0 Å². The third kappa shape index (κ3) is 5.49. The molecule has 2 atom stereocenters. The molecule has 4 nitrogen and oxygen atoms in total. The van der Waals surface area contributed by atoms with Crippen molar-refractivity contribution in [3.63, 3.8) is 0 Å². The Morgan fingerprint density at radius 1 is 1.47 bits per heavy atom. The zero-order valence-corrected chi connectivity index (χ0v) is 13.3. The summed E-state index contributed by atoms with van der Waals surface area (Å²) in [5.41, 5.74) is -0.0927. The van der Waals surface area contributed by atoms with Gasteiger partial charge in [0.1, 0.15) is 0 Å². The molecule has 0 aromatic rings.